The van der Waals surface area contributed by atoms with Gasteiger partial charge >= 0.3 is 0 Å². The summed E-state index contributed by atoms with van der Waals surface area (Å²) in [5.41, 5.74) is 0. The van der Waals surface area contributed by atoms with Gasteiger partial charge in [0.25, 0.3) is 0 Å². The Kier molecular flexibility index (Phi) is 11.1. The largest absolute Gasteiger partial charge is 0.379 e. The summed E-state index contributed by atoms with van der Waals surface area (Å²) in [5.74, 6) is 0.142. The van der Waals surface area contributed by atoms with Crippen LogP contribution in [0.1, 0.15) is 46.5 Å². The number of unbranched alkanes of at least 4 members (excludes halogenated alkanes) is 1. The van der Waals surface area contributed by atoms with Crippen molar-refractivity contribution in [2.24, 2.45) is 0 Å². The van der Waals surface area contributed by atoms with Crippen LogP contribution in [0.15, 0.2) is 0 Å². The maximum absolute atomic E-state index is 11.5. The summed E-state index contributed by atoms with van der Waals surface area (Å²) in [6.07, 6.45) is 4.14. The maximum atomic E-state index is 11.5. The number of hydrogen-bond acceptors (Lipinski definition) is 3. The fourth-order valence-electron chi connectivity index (χ4n) is 1.54. The van der Waals surface area contributed by atoms with Crippen LogP contribution in [0.5, 0.6) is 0 Å². The van der Waals surface area contributed by atoms with Gasteiger partial charge < -0.3 is 15.0 Å². The van der Waals surface area contributed by atoms with Crippen LogP contribution in [0.25, 0.3) is 0 Å². The molecule has 0 aromatic rings. The summed E-state index contributed by atoms with van der Waals surface area (Å²) in [5, 5.41) is 2.92. The molecular formula is C14H30N2O2. The fraction of sp³-hybridized carbons (Fsp3) is 0.929. The van der Waals surface area contributed by atoms with E-state index < -0.39 is 0 Å². The van der Waals surface area contributed by atoms with Gasteiger partial charge in [-0.3, -0.25) is 4.79 Å². The van der Waals surface area contributed by atoms with E-state index in [1.165, 1.54) is 12.8 Å². The molecule has 0 saturated carbocycles. The number of ether oxygens (including phenoxy) is 1. The van der Waals surface area contributed by atoms with Crippen molar-refractivity contribution in [1.82, 2.24) is 10.2 Å². The van der Waals surface area contributed by atoms with Gasteiger partial charge in [0.1, 0.15) is 0 Å². The average molecular weight is 258 g/mol. The smallest absolute Gasteiger partial charge is 0.221 e. The second kappa shape index (κ2) is 11.5. The lowest BCUT2D eigenvalue weighted by Crippen LogP contribution is -2.30. The van der Waals surface area contributed by atoms with Crippen molar-refractivity contribution in [3.05, 3.63) is 0 Å². The zero-order valence-electron chi connectivity index (χ0n) is 12.5. The van der Waals surface area contributed by atoms with E-state index in [4.69, 9.17) is 4.74 Å². The summed E-state index contributed by atoms with van der Waals surface area (Å²) in [4.78, 5) is 13.8. The van der Waals surface area contributed by atoms with Crippen molar-refractivity contribution in [2.75, 3.05) is 33.3 Å². The van der Waals surface area contributed by atoms with Gasteiger partial charge in [0.05, 0.1) is 6.10 Å². The number of nitrogens with zero attached hydrogens (tertiary/aromatic N) is 1. The van der Waals surface area contributed by atoms with Crippen molar-refractivity contribution in [1.29, 1.82) is 0 Å². The lowest BCUT2D eigenvalue weighted by Gasteiger charge is -2.15. The van der Waals surface area contributed by atoms with Crippen molar-refractivity contribution in [3.63, 3.8) is 0 Å². The minimum absolute atomic E-state index is 0.142. The van der Waals surface area contributed by atoms with Gasteiger partial charge in [-0.15, -0.1) is 0 Å². The predicted molar refractivity (Wildman–Crippen MR) is 75.7 cm³/mol. The zero-order chi connectivity index (χ0) is 13.8. The number of nitrogens with one attached hydrogen (secondary N) is 1. The van der Waals surface area contributed by atoms with E-state index in [-0.39, 0.29) is 12.0 Å². The van der Waals surface area contributed by atoms with E-state index in [1.54, 1.807) is 0 Å². The Labute approximate surface area is 112 Å². The topological polar surface area (TPSA) is 41.6 Å². The van der Waals surface area contributed by atoms with Crippen LogP contribution in [-0.4, -0.2) is 50.2 Å². The Morgan fingerprint density at radius 3 is 2.61 bits per heavy atom. The molecule has 108 valence electrons. The highest BCUT2D eigenvalue weighted by atomic mass is 16.5. The summed E-state index contributed by atoms with van der Waals surface area (Å²) in [7, 11) is 2.07. The first kappa shape index (κ1) is 17.4. The molecule has 0 heterocycles. The van der Waals surface area contributed by atoms with Crippen molar-refractivity contribution < 1.29 is 9.53 Å². The van der Waals surface area contributed by atoms with Crippen LogP contribution in [0.2, 0.25) is 0 Å². The highest BCUT2D eigenvalue weighted by Crippen LogP contribution is 1.94. The lowest BCUT2D eigenvalue weighted by molar-refractivity contribution is -0.121. The molecule has 0 rings (SSSR count). The molecule has 0 aliphatic carbocycles. The van der Waals surface area contributed by atoms with E-state index in [0.29, 0.717) is 19.6 Å². The third-order valence-corrected chi connectivity index (χ3v) is 2.71. The van der Waals surface area contributed by atoms with Crippen LogP contribution >= 0.6 is 0 Å². The molecule has 0 aliphatic rings. The first-order valence-electron chi connectivity index (χ1n) is 7.13. The van der Waals surface area contributed by atoms with Gasteiger partial charge in [0, 0.05) is 26.1 Å². The Morgan fingerprint density at radius 1 is 1.28 bits per heavy atom. The maximum Gasteiger partial charge on any atom is 0.221 e. The third kappa shape index (κ3) is 11.9. The van der Waals surface area contributed by atoms with Crippen LogP contribution in [0.3, 0.4) is 0 Å². The number of amides is 1. The molecule has 0 saturated heterocycles. The van der Waals surface area contributed by atoms with E-state index in [2.05, 4.69) is 24.2 Å². The van der Waals surface area contributed by atoms with E-state index in [9.17, 15) is 4.79 Å². The molecule has 0 atom stereocenters. The van der Waals surface area contributed by atoms with Gasteiger partial charge in [0.2, 0.25) is 5.91 Å². The molecule has 4 heteroatoms. The van der Waals surface area contributed by atoms with Gasteiger partial charge in [-0.2, -0.15) is 0 Å². The first-order chi connectivity index (χ1) is 8.56. The molecule has 18 heavy (non-hydrogen) atoms. The molecule has 0 unspecified atom stereocenters. The van der Waals surface area contributed by atoms with E-state index in [0.717, 1.165) is 19.5 Å². The molecular weight excluding hydrogens is 228 g/mol. The Hall–Kier alpha value is -0.610. The highest BCUT2D eigenvalue weighted by Gasteiger charge is 2.03. The molecule has 4 nitrogen and oxygen atoms in total. The third-order valence-electron chi connectivity index (χ3n) is 2.71. The highest BCUT2D eigenvalue weighted by molar-refractivity contribution is 5.75. The number of hydrogen-bond donors (Lipinski definition) is 1. The second-order valence-electron chi connectivity index (χ2n) is 5.03. The van der Waals surface area contributed by atoms with Crippen LogP contribution in [0, 0.1) is 0 Å². The van der Waals surface area contributed by atoms with Gasteiger partial charge in [-0.05, 0) is 40.3 Å². The Balaban J connectivity index is 3.37. The monoisotopic (exact) mass is 258 g/mol. The van der Waals surface area contributed by atoms with Crippen LogP contribution < -0.4 is 5.32 Å². The quantitative estimate of drug-likeness (QED) is 0.577. The van der Waals surface area contributed by atoms with Crippen molar-refractivity contribution in [3.8, 4) is 0 Å². The Bertz CT molecular complexity index is 208. The number of carbonyl (C=O) groups excluding carboxylic acids is 1. The molecule has 1 amide bonds. The summed E-state index contributed by atoms with van der Waals surface area (Å²) >= 11 is 0. The van der Waals surface area contributed by atoms with Crippen molar-refractivity contribution in [2.45, 2.75) is 52.6 Å². The first-order valence-corrected chi connectivity index (χ1v) is 7.13. The molecule has 1 N–H and O–H groups in total. The van der Waals surface area contributed by atoms with Crippen molar-refractivity contribution >= 4 is 5.91 Å². The van der Waals surface area contributed by atoms with E-state index >= 15 is 0 Å². The van der Waals surface area contributed by atoms with Gasteiger partial charge in [-0.25, -0.2) is 0 Å². The molecule has 0 aromatic heterocycles. The van der Waals surface area contributed by atoms with E-state index in [1.807, 2.05) is 13.8 Å². The molecule has 0 aromatic carbocycles. The predicted octanol–water partition coefficient (Wildman–Crippen LogP) is 2.04. The number of carbonyl (C=O) groups is 1. The SMILES string of the molecule is CCCCN(C)CCC(=O)NCCCOC(C)C. The minimum Gasteiger partial charge on any atom is -0.379 e. The molecule has 0 radical (unpaired) electrons. The second-order valence-corrected chi connectivity index (χ2v) is 5.03. The number of rotatable bonds is 11. The fourth-order valence-corrected chi connectivity index (χ4v) is 1.54. The van der Waals surface area contributed by atoms with Gasteiger partial charge in [-0.1, -0.05) is 13.3 Å². The Morgan fingerprint density at radius 2 is 2.00 bits per heavy atom. The normalized spacial score (nSPS) is 11.2. The molecule has 0 bridgehead atoms. The lowest BCUT2D eigenvalue weighted by atomic mass is 10.3. The van der Waals surface area contributed by atoms with Crippen LogP contribution in [0.4, 0.5) is 0 Å². The average Bonchev–Trinajstić information content (AvgIpc) is 2.33. The summed E-state index contributed by atoms with van der Waals surface area (Å²) in [6.45, 7) is 9.56. The summed E-state index contributed by atoms with van der Waals surface area (Å²) < 4.78 is 5.41. The zero-order valence-corrected chi connectivity index (χ0v) is 12.5. The molecule has 0 aliphatic heterocycles. The molecule has 0 fully saturated rings. The summed E-state index contributed by atoms with van der Waals surface area (Å²) in [6, 6.07) is 0. The standard InChI is InChI=1S/C14H30N2O2/c1-5-6-10-16(4)11-8-14(17)15-9-7-12-18-13(2)3/h13H,5-12H2,1-4H3,(H,15,17). The van der Waals surface area contributed by atoms with Crippen LogP contribution in [-0.2, 0) is 9.53 Å². The van der Waals surface area contributed by atoms with Gasteiger partial charge in [0.15, 0.2) is 0 Å². The molecule has 0 spiro atoms. The minimum atomic E-state index is 0.142.